The van der Waals surface area contributed by atoms with Crippen molar-refractivity contribution in [3.05, 3.63) is 94.7 Å². The van der Waals surface area contributed by atoms with Crippen LogP contribution in [-0.2, 0) is 16.1 Å². The van der Waals surface area contributed by atoms with Gasteiger partial charge in [-0.2, -0.15) is 0 Å². The van der Waals surface area contributed by atoms with Crippen LogP contribution in [-0.4, -0.2) is 30.9 Å². The first-order valence-electron chi connectivity index (χ1n) is 10.6. The number of hydrogen-bond donors (Lipinski definition) is 1. The fourth-order valence-electron chi connectivity index (χ4n) is 3.72. The van der Waals surface area contributed by atoms with Crippen LogP contribution < -0.4 is 14.8 Å². The highest BCUT2D eigenvalue weighted by Gasteiger charge is 2.39. The molecule has 0 spiro atoms. The van der Waals surface area contributed by atoms with Gasteiger partial charge in [0.05, 0.1) is 26.3 Å². The number of ether oxygens (including phenoxy) is 2. The molecule has 3 aromatic rings. The van der Waals surface area contributed by atoms with Crippen molar-refractivity contribution < 1.29 is 19.1 Å². The summed E-state index contributed by atoms with van der Waals surface area (Å²) in [6.45, 7) is 4.17. The fourth-order valence-corrected chi connectivity index (χ4v) is 3.72. The number of nitrogens with one attached hydrogen (secondary N) is 1. The second-order valence-electron chi connectivity index (χ2n) is 8.02. The normalized spacial score (nSPS) is 13.5. The van der Waals surface area contributed by atoms with E-state index in [1.54, 1.807) is 32.4 Å². The van der Waals surface area contributed by atoms with Gasteiger partial charge in [0, 0.05) is 23.9 Å². The number of rotatable bonds is 7. The van der Waals surface area contributed by atoms with Crippen LogP contribution in [0.3, 0.4) is 0 Å². The maximum Gasteiger partial charge on any atom is 0.278 e. The summed E-state index contributed by atoms with van der Waals surface area (Å²) in [6, 6.07) is 20.6. The van der Waals surface area contributed by atoms with Gasteiger partial charge >= 0.3 is 0 Å². The Kier molecular flexibility index (Phi) is 6.18. The minimum atomic E-state index is -0.377. The van der Waals surface area contributed by atoms with E-state index in [1.807, 2.05) is 62.4 Å². The highest BCUT2D eigenvalue weighted by molar-refractivity contribution is 6.36. The van der Waals surface area contributed by atoms with Gasteiger partial charge < -0.3 is 14.8 Å². The van der Waals surface area contributed by atoms with Crippen LogP contribution in [0, 0.1) is 13.8 Å². The van der Waals surface area contributed by atoms with Crippen molar-refractivity contribution in [3.8, 4) is 11.5 Å². The summed E-state index contributed by atoms with van der Waals surface area (Å²) in [5.74, 6) is 0.435. The summed E-state index contributed by atoms with van der Waals surface area (Å²) in [6.07, 6.45) is 0. The van der Waals surface area contributed by atoms with Crippen LogP contribution in [0.15, 0.2) is 72.4 Å². The Morgan fingerprint density at radius 3 is 1.85 bits per heavy atom. The first-order chi connectivity index (χ1) is 15.9. The number of methoxy groups -OCH3 is 2. The topological polar surface area (TPSA) is 67.9 Å². The second-order valence-corrected chi connectivity index (χ2v) is 8.02. The monoisotopic (exact) mass is 442 g/mol. The molecule has 0 atom stereocenters. The van der Waals surface area contributed by atoms with Crippen LogP contribution in [0.4, 0.5) is 5.69 Å². The van der Waals surface area contributed by atoms with E-state index in [-0.39, 0.29) is 24.1 Å². The van der Waals surface area contributed by atoms with Crippen LogP contribution >= 0.6 is 0 Å². The molecule has 6 heteroatoms. The van der Waals surface area contributed by atoms with Gasteiger partial charge in [-0.3, -0.25) is 14.5 Å². The van der Waals surface area contributed by atoms with Crippen molar-refractivity contribution in [2.24, 2.45) is 0 Å². The Balaban J connectivity index is 1.75. The van der Waals surface area contributed by atoms with Crippen LogP contribution in [0.25, 0.3) is 5.57 Å². The fraction of sp³-hybridized carbons (Fsp3) is 0.185. The van der Waals surface area contributed by atoms with E-state index in [0.29, 0.717) is 28.3 Å². The number of hydrogen-bond acceptors (Lipinski definition) is 5. The predicted octanol–water partition coefficient (Wildman–Crippen LogP) is 4.71. The number of anilines is 1. The van der Waals surface area contributed by atoms with Crippen molar-refractivity contribution in [2.75, 3.05) is 19.5 Å². The molecule has 33 heavy (non-hydrogen) atoms. The van der Waals surface area contributed by atoms with E-state index < -0.39 is 0 Å². The molecule has 3 aromatic carbocycles. The van der Waals surface area contributed by atoms with Gasteiger partial charge in [-0.15, -0.1) is 0 Å². The molecule has 168 valence electrons. The predicted molar refractivity (Wildman–Crippen MR) is 128 cm³/mol. The second kappa shape index (κ2) is 9.20. The Labute approximate surface area is 193 Å². The van der Waals surface area contributed by atoms with E-state index in [2.05, 4.69) is 5.32 Å². The SMILES string of the molecule is COc1cc(NC2=C(c3ccc(C)cc3)C(=O)N(Cc3ccc(C)cc3)C2=O)cc(OC)c1. The van der Waals surface area contributed by atoms with Crippen LogP contribution in [0.5, 0.6) is 11.5 Å². The van der Waals surface area contributed by atoms with E-state index >= 15 is 0 Å². The zero-order valence-electron chi connectivity index (χ0n) is 19.1. The lowest BCUT2D eigenvalue weighted by atomic mass is 10.0. The maximum atomic E-state index is 13.5. The summed E-state index contributed by atoms with van der Waals surface area (Å²) in [7, 11) is 3.12. The average molecular weight is 443 g/mol. The zero-order valence-corrected chi connectivity index (χ0v) is 19.1. The number of benzene rings is 3. The van der Waals surface area contributed by atoms with E-state index in [9.17, 15) is 9.59 Å². The Morgan fingerprint density at radius 2 is 1.30 bits per heavy atom. The van der Waals surface area contributed by atoms with Gasteiger partial charge in [0.15, 0.2) is 0 Å². The lowest BCUT2D eigenvalue weighted by Crippen LogP contribution is -2.32. The highest BCUT2D eigenvalue weighted by Crippen LogP contribution is 2.34. The quantitative estimate of drug-likeness (QED) is 0.537. The standard InChI is InChI=1S/C27H26N2O4/c1-17-5-9-19(10-6-17)16-29-26(30)24(20-11-7-18(2)8-12-20)25(27(29)31)28-21-13-22(32-3)15-23(14-21)33-4/h5-15,28H,16H2,1-4H3. The van der Waals surface area contributed by atoms with Crippen molar-refractivity contribution in [1.29, 1.82) is 0 Å². The molecule has 0 unspecified atom stereocenters. The molecule has 0 aromatic heterocycles. The molecule has 2 amide bonds. The molecule has 0 saturated heterocycles. The smallest absolute Gasteiger partial charge is 0.278 e. The largest absolute Gasteiger partial charge is 0.497 e. The summed E-state index contributed by atoms with van der Waals surface area (Å²) in [5.41, 5.74) is 4.91. The number of carbonyl (C=O) groups is 2. The van der Waals surface area contributed by atoms with Crippen LogP contribution in [0.1, 0.15) is 22.3 Å². The summed E-state index contributed by atoms with van der Waals surface area (Å²) < 4.78 is 10.7. The Bertz CT molecular complexity index is 1210. The van der Waals surface area contributed by atoms with Gasteiger partial charge in [0.1, 0.15) is 17.2 Å². The van der Waals surface area contributed by atoms with E-state index in [4.69, 9.17) is 9.47 Å². The number of amides is 2. The average Bonchev–Trinajstić information content (AvgIpc) is 3.05. The highest BCUT2D eigenvalue weighted by atomic mass is 16.5. The van der Waals surface area contributed by atoms with Gasteiger partial charge in [-0.25, -0.2) is 0 Å². The van der Waals surface area contributed by atoms with Crippen LogP contribution in [0.2, 0.25) is 0 Å². The lowest BCUT2D eigenvalue weighted by Gasteiger charge is -2.16. The minimum Gasteiger partial charge on any atom is -0.497 e. The maximum absolute atomic E-state index is 13.5. The number of nitrogens with zero attached hydrogens (tertiary/aromatic N) is 1. The van der Waals surface area contributed by atoms with Crippen molar-refractivity contribution in [3.63, 3.8) is 0 Å². The molecule has 1 heterocycles. The molecular weight excluding hydrogens is 416 g/mol. The van der Waals surface area contributed by atoms with E-state index in [1.165, 1.54) is 4.90 Å². The van der Waals surface area contributed by atoms with Gasteiger partial charge in [0.25, 0.3) is 11.8 Å². The molecule has 0 fully saturated rings. The summed E-state index contributed by atoms with van der Waals surface area (Å²) in [5, 5.41) is 3.17. The third kappa shape index (κ3) is 4.60. The number of imide groups is 1. The van der Waals surface area contributed by atoms with Gasteiger partial charge in [-0.05, 0) is 25.0 Å². The first kappa shape index (κ1) is 22.1. The third-order valence-corrected chi connectivity index (χ3v) is 5.59. The van der Waals surface area contributed by atoms with Crippen molar-refractivity contribution in [2.45, 2.75) is 20.4 Å². The Hall–Kier alpha value is -4.06. The minimum absolute atomic E-state index is 0.194. The van der Waals surface area contributed by atoms with Crippen molar-refractivity contribution in [1.82, 2.24) is 4.90 Å². The molecule has 1 aliphatic rings. The zero-order chi connectivity index (χ0) is 23.5. The van der Waals surface area contributed by atoms with Gasteiger partial charge in [0.2, 0.25) is 0 Å². The molecule has 1 aliphatic heterocycles. The molecule has 4 rings (SSSR count). The molecule has 0 aliphatic carbocycles. The molecule has 0 radical (unpaired) electrons. The number of aryl methyl sites for hydroxylation is 2. The summed E-state index contributed by atoms with van der Waals surface area (Å²) in [4.78, 5) is 28.2. The lowest BCUT2D eigenvalue weighted by molar-refractivity contribution is -0.137. The molecule has 0 saturated carbocycles. The molecule has 1 N–H and O–H groups in total. The molecule has 0 bridgehead atoms. The third-order valence-electron chi connectivity index (χ3n) is 5.59. The van der Waals surface area contributed by atoms with E-state index in [0.717, 1.165) is 16.7 Å². The van der Waals surface area contributed by atoms with Crippen molar-refractivity contribution >= 4 is 23.1 Å². The first-order valence-corrected chi connectivity index (χ1v) is 10.6. The van der Waals surface area contributed by atoms with Gasteiger partial charge in [-0.1, -0.05) is 59.7 Å². The summed E-state index contributed by atoms with van der Waals surface area (Å²) >= 11 is 0. The molecule has 6 nitrogen and oxygen atoms in total. The Morgan fingerprint density at radius 1 is 0.758 bits per heavy atom. The number of carbonyl (C=O) groups excluding carboxylic acids is 2. The molecular formula is C27H26N2O4.